The third-order valence-electron chi connectivity index (χ3n) is 5.47. The molecule has 8 heteroatoms. The van der Waals surface area contributed by atoms with E-state index in [1.165, 1.54) is 0 Å². The van der Waals surface area contributed by atoms with Gasteiger partial charge in [-0.1, -0.05) is 41.6 Å². The van der Waals surface area contributed by atoms with Crippen molar-refractivity contribution in [2.24, 2.45) is 0 Å². The average Bonchev–Trinajstić information content (AvgIpc) is 3.50. The van der Waals surface area contributed by atoms with Crippen LogP contribution < -0.4 is 4.90 Å². The van der Waals surface area contributed by atoms with Crippen LogP contribution >= 0.6 is 0 Å². The van der Waals surface area contributed by atoms with Gasteiger partial charge in [-0.15, -0.1) is 6.58 Å². The quantitative estimate of drug-likeness (QED) is 0.330. The number of rotatable bonds is 12. The second-order valence-electron chi connectivity index (χ2n) is 8.01. The molecule has 3 heterocycles. The minimum Gasteiger partial charge on any atom is -0.468 e. The van der Waals surface area contributed by atoms with Gasteiger partial charge in [-0.2, -0.15) is 0 Å². The summed E-state index contributed by atoms with van der Waals surface area (Å²) in [4.78, 5) is 4.30. The van der Waals surface area contributed by atoms with Gasteiger partial charge in [-0.3, -0.25) is 4.90 Å². The third kappa shape index (κ3) is 6.33. The standard InChI is InChI=1S/C25H31N3O5/c1-2-12-31-19-21(29)16-27(17-22-9-6-13-32-22)18-23-24(20-7-4-3-5-8-20)26-33-25(23)28-10-14-30-15-11-28/h2-9,13,21,29H,1,10-12,14-19H2. The van der Waals surface area contributed by atoms with E-state index in [1.54, 1.807) is 12.3 Å². The van der Waals surface area contributed by atoms with E-state index in [4.69, 9.17) is 18.4 Å². The monoisotopic (exact) mass is 453 g/mol. The normalized spacial score (nSPS) is 15.2. The van der Waals surface area contributed by atoms with Crippen LogP contribution in [-0.2, 0) is 22.6 Å². The van der Waals surface area contributed by atoms with Crippen molar-refractivity contribution in [1.29, 1.82) is 0 Å². The molecule has 1 aliphatic rings. The summed E-state index contributed by atoms with van der Waals surface area (Å²) in [5.41, 5.74) is 2.77. The van der Waals surface area contributed by atoms with Gasteiger partial charge < -0.3 is 28.4 Å². The van der Waals surface area contributed by atoms with Gasteiger partial charge in [0.05, 0.1) is 50.9 Å². The Morgan fingerprint density at radius 3 is 2.70 bits per heavy atom. The van der Waals surface area contributed by atoms with Crippen molar-refractivity contribution >= 4 is 5.88 Å². The van der Waals surface area contributed by atoms with E-state index in [-0.39, 0.29) is 6.61 Å². The van der Waals surface area contributed by atoms with E-state index in [2.05, 4.69) is 21.5 Å². The Labute approximate surface area is 194 Å². The van der Waals surface area contributed by atoms with E-state index >= 15 is 0 Å². The lowest BCUT2D eigenvalue weighted by Crippen LogP contribution is -2.38. The summed E-state index contributed by atoms with van der Waals surface area (Å²) in [6.45, 7) is 8.53. The first kappa shape index (κ1) is 23.3. The maximum atomic E-state index is 10.6. The van der Waals surface area contributed by atoms with E-state index < -0.39 is 6.10 Å². The van der Waals surface area contributed by atoms with Gasteiger partial charge in [0.2, 0.25) is 5.88 Å². The van der Waals surface area contributed by atoms with E-state index in [0.717, 1.165) is 41.6 Å². The molecule has 3 aromatic rings. The highest BCUT2D eigenvalue weighted by atomic mass is 16.5. The van der Waals surface area contributed by atoms with Crippen LogP contribution in [-0.4, -0.2) is 67.3 Å². The third-order valence-corrected chi connectivity index (χ3v) is 5.47. The molecule has 1 atom stereocenters. The molecule has 1 fully saturated rings. The van der Waals surface area contributed by atoms with Gasteiger partial charge in [0.1, 0.15) is 11.5 Å². The fourth-order valence-electron chi connectivity index (χ4n) is 3.95. The summed E-state index contributed by atoms with van der Waals surface area (Å²) in [5, 5.41) is 15.1. The lowest BCUT2D eigenvalue weighted by molar-refractivity contribution is 0.0216. The zero-order valence-electron chi connectivity index (χ0n) is 18.8. The predicted octanol–water partition coefficient (Wildman–Crippen LogP) is 3.34. The molecule has 0 bridgehead atoms. The predicted molar refractivity (Wildman–Crippen MR) is 125 cm³/mol. The highest BCUT2D eigenvalue weighted by molar-refractivity contribution is 5.68. The Morgan fingerprint density at radius 1 is 1.15 bits per heavy atom. The fourth-order valence-corrected chi connectivity index (χ4v) is 3.95. The summed E-state index contributed by atoms with van der Waals surface area (Å²) < 4.78 is 22.5. The molecule has 1 unspecified atom stereocenters. The summed E-state index contributed by atoms with van der Waals surface area (Å²) in [5.74, 6) is 1.57. The molecule has 0 aliphatic carbocycles. The molecule has 176 valence electrons. The molecule has 0 amide bonds. The molecule has 1 aliphatic heterocycles. The molecule has 1 N–H and O–H groups in total. The van der Waals surface area contributed by atoms with Crippen LogP contribution in [0, 0.1) is 0 Å². The molecule has 0 saturated carbocycles. The number of aliphatic hydroxyl groups is 1. The molecule has 1 aromatic carbocycles. The smallest absolute Gasteiger partial charge is 0.232 e. The number of morpholine rings is 1. The topological polar surface area (TPSA) is 84.3 Å². The molecular weight excluding hydrogens is 422 g/mol. The number of hydrogen-bond acceptors (Lipinski definition) is 8. The minimum atomic E-state index is -0.660. The van der Waals surface area contributed by atoms with Crippen molar-refractivity contribution in [3.63, 3.8) is 0 Å². The van der Waals surface area contributed by atoms with Gasteiger partial charge >= 0.3 is 0 Å². The Morgan fingerprint density at radius 2 is 1.97 bits per heavy atom. The Bertz CT molecular complexity index is 967. The summed E-state index contributed by atoms with van der Waals surface area (Å²) in [6, 6.07) is 13.8. The molecule has 0 spiro atoms. The molecule has 8 nitrogen and oxygen atoms in total. The number of furan rings is 1. The number of nitrogens with zero attached hydrogens (tertiary/aromatic N) is 3. The van der Waals surface area contributed by atoms with E-state index in [0.29, 0.717) is 39.5 Å². The largest absolute Gasteiger partial charge is 0.468 e. The molecule has 2 aromatic heterocycles. The van der Waals surface area contributed by atoms with Crippen molar-refractivity contribution in [2.75, 3.05) is 51.0 Å². The number of ether oxygens (including phenoxy) is 2. The molecule has 33 heavy (non-hydrogen) atoms. The first-order valence-electron chi connectivity index (χ1n) is 11.2. The van der Waals surface area contributed by atoms with Crippen LogP contribution in [0.4, 0.5) is 5.88 Å². The summed E-state index contributed by atoms with van der Waals surface area (Å²) >= 11 is 0. The van der Waals surface area contributed by atoms with Crippen LogP contribution in [0.25, 0.3) is 11.3 Å². The Hall–Kier alpha value is -2.91. The number of aliphatic hydroxyl groups excluding tert-OH is 1. The number of anilines is 1. The highest BCUT2D eigenvalue weighted by Gasteiger charge is 2.26. The van der Waals surface area contributed by atoms with Crippen molar-refractivity contribution in [2.45, 2.75) is 19.2 Å². The van der Waals surface area contributed by atoms with Gasteiger partial charge in [-0.05, 0) is 12.1 Å². The number of benzene rings is 1. The van der Waals surface area contributed by atoms with E-state index in [1.807, 2.05) is 42.5 Å². The van der Waals surface area contributed by atoms with Crippen LogP contribution in [0.3, 0.4) is 0 Å². The second-order valence-corrected chi connectivity index (χ2v) is 8.01. The van der Waals surface area contributed by atoms with Crippen LogP contribution in [0.15, 0.2) is 70.3 Å². The van der Waals surface area contributed by atoms with Crippen molar-refractivity contribution in [3.8, 4) is 11.3 Å². The second kappa shape index (κ2) is 11.8. The van der Waals surface area contributed by atoms with Crippen LogP contribution in [0.5, 0.6) is 0 Å². The maximum absolute atomic E-state index is 10.6. The van der Waals surface area contributed by atoms with Crippen molar-refractivity contribution in [3.05, 3.63) is 72.7 Å². The lowest BCUT2D eigenvalue weighted by Gasteiger charge is -2.29. The molecule has 4 rings (SSSR count). The zero-order chi connectivity index (χ0) is 22.9. The number of hydrogen-bond donors (Lipinski definition) is 1. The Kier molecular flexibility index (Phi) is 8.32. The van der Waals surface area contributed by atoms with Gasteiger partial charge in [0.15, 0.2) is 0 Å². The SMILES string of the molecule is C=CCOCC(O)CN(Cc1ccco1)Cc1c(-c2ccccc2)noc1N1CCOCC1. The van der Waals surface area contributed by atoms with Crippen LogP contribution in [0.2, 0.25) is 0 Å². The van der Waals surface area contributed by atoms with Gasteiger partial charge in [0, 0.05) is 31.7 Å². The molecule has 1 saturated heterocycles. The van der Waals surface area contributed by atoms with Gasteiger partial charge in [-0.25, -0.2) is 0 Å². The van der Waals surface area contributed by atoms with Crippen molar-refractivity contribution < 1.29 is 23.5 Å². The Balaban J connectivity index is 1.61. The fraction of sp³-hybridized carbons (Fsp3) is 0.400. The maximum Gasteiger partial charge on any atom is 0.232 e. The highest BCUT2D eigenvalue weighted by Crippen LogP contribution is 2.33. The van der Waals surface area contributed by atoms with Crippen LogP contribution in [0.1, 0.15) is 11.3 Å². The minimum absolute atomic E-state index is 0.228. The van der Waals surface area contributed by atoms with Gasteiger partial charge in [0.25, 0.3) is 0 Å². The molecule has 0 radical (unpaired) electrons. The lowest BCUT2D eigenvalue weighted by atomic mass is 10.1. The average molecular weight is 454 g/mol. The summed E-state index contributed by atoms with van der Waals surface area (Å²) in [7, 11) is 0. The number of aromatic nitrogens is 1. The molecular formula is C25H31N3O5. The first-order valence-corrected chi connectivity index (χ1v) is 11.2. The first-order chi connectivity index (χ1) is 16.2. The summed E-state index contributed by atoms with van der Waals surface area (Å²) in [6.07, 6.45) is 2.67. The van der Waals surface area contributed by atoms with E-state index in [9.17, 15) is 5.11 Å². The van der Waals surface area contributed by atoms with Crippen molar-refractivity contribution in [1.82, 2.24) is 10.1 Å². The zero-order valence-corrected chi connectivity index (χ0v) is 18.8.